The smallest absolute Gasteiger partial charge is 0.248 e. The molecule has 0 aliphatic heterocycles. The van der Waals surface area contributed by atoms with E-state index < -0.39 is 0 Å². The van der Waals surface area contributed by atoms with Crippen molar-refractivity contribution in [2.75, 3.05) is 6.54 Å². The molecule has 0 amide bonds. The second kappa shape index (κ2) is 4.97. The fourth-order valence-electron chi connectivity index (χ4n) is 1.86. The van der Waals surface area contributed by atoms with E-state index in [0.717, 1.165) is 17.9 Å². The molecule has 1 unspecified atom stereocenters. The molecule has 2 heterocycles. The van der Waals surface area contributed by atoms with Crippen molar-refractivity contribution >= 4 is 0 Å². The zero-order valence-electron chi connectivity index (χ0n) is 9.97. The number of H-pyrrole nitrogens is 1. The summed E-state index contributed by atoms with van der Waals surface area (Å²) in [6, 6.07) is 3.44. The van der Waals surface area contributed by atoms with Crippen LogP contribution in [0.5, 0.6) is 0 Å². The fourth-order valence-corrected chi connectivity index (χ4v) is 1.86. The van der Waals surface area contributed by atoms with Crippen molar-refractivity contribution in [1.82, 2.24) is 19.9 Å². The predicted octanol–water partition coefficient (Wildman–Crippen LogP) is 0.807. The number of aryl methyl sites for hydroxylation is 1. The largest absolute Gasteiger partial charge is 0.336 e. The van der Waals surface area contributed by atoms with Gasteiger partial charge in [-0.1, -0.05) is 6.92 Å². The summed E-state index contributed by atoms with van der Waals surface area (Å²) in [6.45, 7) is 2.84. The van der Waals surface area contributed by atoms with Gasteiger partial charge in [0.25, 0.3) is 0 Å². The Morgan fingerprint density at radius 3 is 3.00 bits per heavy atom. The Morgan fingerprint density at radius 1 is 1.59 bits per heavy atom. The molecule has 0 aliphatic carbocycles. The molecule has 0 spiro atoms. The monoisotopic (exact) mass is 232 g/mol. The average Bonchev–Trinajstić information content (AvgIpc) is 2.72. The number of nitrogens with one attached hydrogen (secondary N) is 2. The van der Waals surface area contributed by atoms with E-state index in [-0.39, 0.29) is 11.6 Å². The van der Waals surface area contributed by atoms with E-state index >= 15 is 0 Å². The van der Waals surface area contributed by atoms with Crippen LogP contribution in [-0.4, -0.2) is 21.1 Å². The normalized spacial score (nSPS) is 12.6. The number of aromatic amines is 1. The van der Waals surface area contributed by atoms with Crippen molar-refractivity contribution in [1.29, 1.82) is 0 Å². The van der Waals surface area contributed by atoms with Crippen LogP contribution in [0.4, 0.5) is 0 Å². The molecule has 0 aliphatic rings. The van der Waals surface area contributed by atoms with Gasteiger partial charge >= 0.3 is 0 Å². The summed E-state index contributed by atoms with van der Waals surface area (Å²) in [7, 11) is 1.94. The molecular weight excluding hydrogens is 216 g/mol. The summed E-state index contributed by atoms with van der Waals surface area (Å²) in [5.74, 6) is 0.900. The minimum Gasteiger partial charge on any atom is -0.336 e. The van der Waals surface area contributed by atoms with Gasteiger partial charge in [0.2, 0.25) is 5.56 Å². The van der Waals surface area contributed by atoms with E-state index in [1.807, 2.05) is 30.8 Å². The van der Waals surface area contributed by atoms with E-state index in [1.54, 1.807) is 18.5 Å². The lowest BCUT2D eigenvalue weighted by molar-refractivity contribution is 0.576. The third kappa shape index (κ3) is 2.45. The molecule has 2 rings (SSSR count). The number of nitrogens with zero attached hydrogens (tertiary/aromatic N) is 2. The Labute approximate surface area is 99.5 Å². The molecule has 0 radical (unpaired) electrons. The molecule has 0 saturated heterocycles. The van der Waals surface area contributed by atoms with Crippen LogP contribution >= 0.6 is 0 Å². The summed E-state index contributed by atoms with van der Waals surface area (Å²) >= 11 is 0. The average molecular weight is 232 g/mol. The highest BCUT2D eigenvalue weighted by Gasteiger charge is 2.17. The van der Waals surface area contributed by atoms with E-state index in [2.05, 4.69) is 15.3 Å². The summed E-state index contributed by atoms with van der Waals surface area (Å²) in [5, 5.41) is 3.33. The van der Waals surface area contributed by atoms with Gasteiger partial charge in [0.15, 0.2) is 0 Å². The van der Waals surface area contributed by atoms with Gasteiger partial charge in [0, 0.05) is 31.7 Å². The lowest BCUT2D eigenvalue weighted by atomic mass is 10.1. The van der Waals surface area contributed by atoms with Crippen LogP contribution in [0.2, 0.25) is 0 Å². The van der Waals surface area contributed by atoms with Crippen LogP contribution in [0.1, 0.15) is 24.4 Å². The van der Waals surface area contributed by atoms with Gasteiger partial charge in [0.05, 0.1) is 6.04 Å². The Kier molecular flexibility index (Phi) is 3.39. The van der Waals surface area contributed by atoms with Gasteiger partial charge in [-0.3, -0.25) is 4.79 Å². The summed E-state index contributed by atoms with van der Waals surface area (Å²) in [5.41, 5.74) is 0.824. The maximum absolute atomic E-state index is 11.3. The minimum atomic E-state index is -0.0976. The second-order valence-corrected chi connectivity index (χ2v) is 3.87. The zero-order chi connectivity index (χ0) is 12.3. The number of hydrogen-bond donors (Lipinski definition) is 2. The first kappa shape index (κ1) is 11.6. The van der Waals surface area contributed by atoms with E-state index in [4.69, 9.17) is 0 Å². The summed E-state index contributed by atoms with van der Waals surface area (Å²) in [6.07, 6.45) is 5.31. The highest BCUT2D eigenvalue weighted by molar-refractivity contribution is 5.22. The lowest BCUT2D eigenvalue weighted by Crippen LogP contribution is -2.25. The van der Waals surface area contributed by atoms with Crippen molar-refractivity contribution in [3.63, 3.8) is 0 Å². The van der Waals surface area contributed by atoms with Gasteiger partial charge in [-0.15, -0.1) is 0 Å². The van der Waals surface area contributed by atoms with Crippen LogP contribution in [0, 0.1) is 0 Å². The molecule has 90 valence electrons. The molecule has 5 nitrogen and oxygen atoms in total. The third-order valence-corrected chi connectivity index (χ3v) is 2.66. The van der Waals surface area contributed by atoms with E-state index in [1.165, 1.54) is 0 Å². The van der Waals surface area contributed by atoms with E-state index in [9.17, 15) is 4.79 Å². The Morgan fingerprint density at radius 2 is 2.41 bits per heavy atom. The minimum absolute atomic E-state index is 0.0534. The molecule has 17 heavy (non-hydrogen) atoms. The van der Waals surface area contributed by atoms with Gasteiger partial charge < -0.3 is 14.9 Å². The Hall–Kier alpha value is -1.88. The molecule has 2 N–H and O–H groups in total. The lowest BCUT2D eigenvalue weighted by Gasteiger charge is -2.17. The van der Waals surface area contributed by atoms with Crippen LogP contribution in [-0.2, 0) is 7.05 Å². The fraction of sp³-hybridized carbons (Fsp3) is 0.333. The van der Waals surface area contributed by atoms with Crippen LogP contribution in [0.15, 0.2) is 35.5 Å². The van der Waals surface area contributed by atoms with Crippen molar-refractivity contribution in [3.05, 3.63) is 52.5 Å². The number of aromatic nitrogens is 3. The first-order valence-corrected chi connectivity index (χ1v) is 5.61. The maximum atomic E-state index is 11.3. The topological polar surface area (TPSA) is 62.7 Å². The number of hydrogen-bond acceptors (Lipinski definition) is 3. The maximum Gasteiger partial charge on any atom is 0.248 e. The van der Waals surface area contributed by atoms with Crippen molar-refractivity contribution in [2.45, 2.75) is 13.0 Å². The summed E-state index contributed by atoms with van der Waals surface area (Å²) < 4.78 is 1.95. The quantitative estimate of drug-likeness (QED) is 0.820. The molecule has 0 bridgehead atoms. The van der Waals surface area contributed by atoms with Crippen LogP contribution in [0.3, 0.4) is 0 Å². The van der Waals surface area contributed by atoms with Crippen molar-refractivity contribution in [3.8, 4) is 0 Å². The number of rotatable bonds is 4. The molecule has 0 fully saturated rings. The molecule has 5 heteroatoms. The summed E-state index contributed by atoms with van der Waals surface area (Å²) in [4.78, 5) is 18.3. The highest BCUT2D eigenvalue weighted by atomic mass is 16.1. The number of imidazole rings is 1. The Bertz CT molecular complexity index is 543. The standard InChI is InChI=1S/C12H16N4O/c1-3-13-11(12-15-6-7-16(12)2)9-4-5-14-10(17)8-9/h4-8,11,13H,3H2,1-2H3,(H,14,17). The van der Waals surface area contributed by atoms with Gasteiger partial charge in [0.1, 0.15) is 5.82 Å². The molecule has 2 aromatic rings. The molecule has 0 saturated carbocycles. The second-order valence-electron chi connectivity index (χ2n) is 3.87. The molecule has 0 aromatic carbocycles. The SMILES string of the molecule is CCNC(c1cc[nH]c(=O)c1)c1nccn1C. The third-order valence-electron chi connectivity index (χ3n) is 2.66. The van der Waals surface area contributed by atoms with Gasteiger partial charge in [-0.05, 0) is 18.2 Å². The molecule has 1 atom stereocenters. The first-order chi connectivity index (χ1) is 8.22. The van der Waals surface area contributed by atoms with Crippen LogP contribution < -0.4 is 10.9 Å². The first-order valence-electron chi connectivity index (χ1n) is 5.61. The van der Waals surface area contributed by atoms with Gasteiger partial charge in [-0.2, -0.15) is 0 Å². The zero-order valence-corrected chi connectivity index (χ0v) is 9.97. The van der Waals surface area contributed by atoms with E-state index in [0.29, 0.717) is 0 Å². The number of pyridine rings is 1. The Balaban J connectivity index is 2.42. The van der Waals surface area contributed by atoms with Crippen molar-refractivity contribution < 1.29 is 0 Å². The van der Waals surface area contributed by atoms with Crippen molar-refractivity contribution in [2.24, 2.45) is 7.05 Å². The molecule has 2 aromatic heterocycles. The molecular formula is C12H16N4O. The predicted molar refractivity (Wildman–Crippen MR) is 65.8 cm³/mol. The van der Waals surface area contributed by atoms with Crippen LogP contribution in [0.25, 0.3) is 0 Å². The highest BCUT2D eigenvalue weighted by Crippen LogP contribution is 2.18. The van der Waals surface area contributed by atoms with Gasteiger partial charge in [-0.25, -0.2) is 4.98 Å².